The van der Waals surface area contributed by atoms with Gasteiger partial charge in [0.25, 0.3) is 5.91 Å². The van der Waals surface area contributed by atoms with Gasteiger partial charge in [-0.3, -0.25) is 20.1 Å². The molecule has 4 N–H and O–H groups in total. The van der Waals surface area contributed by atoms with E-state index in [1.807, 2.05) is 22.8 Å². The summed E-state index contributed by atoms with van der Waals surface area (Å²) >= 11 is 1.40. The Morgan fingerprint density at radius 3 is 2.76 bits per heavy atom. The number of imidazole rings is 2. The summed E-state index contributed by atoms with van der Waals surface area (Å²) in [6.07, 6.45) is 3.52. The van der Waals surface area contributed by atoms with Crippen molar-refractivity contribution in [2.75, 3.05) is 38.2 Å². The fourth-order valence-corrected chi connectivity index (χ4v) is 5.09. The van der Waals surface area contributed by atoms with Crippen LogP contribution >= 0.6 is 11.3 Å². The lowest BCUT2D eigenvalue weighted by atomic mass is 10.2. The van der Waals surface area contributed by atoms with Crippen molar-refractivity contribution in [1.82, 2.24) is 34.6 Å². The lowest BCUT2D eigenvalue weighted by molar-refractivity contribution is 0.0366. The molecule has 12 heteroatoms. The van der Waals surface area contributed by atoms with E-state index in [1.54, 1.807) is 18.5 Å². The van der Waals surface area contributed by atoms with Gasteiger partial charge in [0.15, 0.2) is 0 Å². The van der Waals surface area contributed by atoms with Crippen LogP contribution in [-0.4, -0.2) is 73.4 Å². The van der Waals surface area contributed by atoms with E-state index in [-0.39, 0.29) is 11.6 Å². The number of hydrogen-bond donors (Lipinski definition) is 4. The van der Waals surface area contributed by atoms with Crippen LogP contribution in [0.25, 0.3) is 32.5 Å². The number of ether oxygens (including phenoxy) is 1. The molecule has 34 heavy (non-hydrogen) atoms. The monoisotopic (exact) mass is 478 g/mol. The number of hydrogen-bond acceptors (Lipinski definition) is 7. The number of nitrogens with zero attached hydrogens (tertiary/aromatic N) is 4. The van der Waals surface area contributed by atoms with Crippen molar-refractivity contribution in [2.24, 2.45) is 0 Å². The van der Waals surface area contributed by atoms with Crippen LogP contribution in [0.4, 0.5) is 5.95 Å². The van der Waals surface area contributed by atoms with E-state index in [1.165, 1.54) is 11.3 Å². The number of benzene rings is 1. The maximum Gasteiger partial charge on any atom is 0.323 e. The van der Waals surface area contributed by atoms with Crippen molar-refractivity contribution >= 4 is 45.3 Å². The molecule has 11 nitrogen and oxygen atoms in total. The number of aromatic nitrogens is 6. The molecule has 0 saturated carbocycles. The summed E-state index contributed by atoms with van der Waals surface area (Å²) in [6, 6.07) is 7.43. The largest absolute Gasteiger partial charge is 0.379 e. The lowest BCUT2D eigenvalue weighted by Gasteiger charge is -2.26. The quantitative estimate of drug-likeness (QED) is 0.295. The number of anilines is 1. The number of fused-ring (bicyclic) bond motifs is 2. The summed E-state index contributed by atoms with van der Waals surface area (Å²) in [7, 11) is 0. The average Bonchev–Trinajstić information content (AvgIpc) is 3.62. The van der Waals surface area contributed by atoms with Crippen molar-refractivity contribution in [3.8, 4) is 10.4 Å². The van der Waals surface area contributed by atoms with Crippen LogP contribution in [0.15, 0.2) is 41.5 Å². The number of aromatic amines is 3. The topological polar surface area (TPSA) is 137 Å². The number of carbonyl (C=O) groups is 1. The van der Waals surface area contributed by atoms with Gasteiger partial charge in [-0.1, -0.05) is 0 Å². The summed E-state index contributed by atoms with van der Waals surface area (Å²) in [6.45, 7) is 4.61. The Hall–Kier alpha value is -3.74. The van der Waals surface area contributed by atoms with E-state index >= 15 is 0 Å². The summed E-state index contributed by atoms with van der Waals surface area (Å²) in [5.74, 6) is 0.253. The molecule has 4 aromatic heterocycles. The minimum absolute atomic E-state index is 0.221. The second-order valence-corrected chi connectivity index (χ2v) is 9.20. The zero-order valence-corrected chi connectivity index (χ0v) is 18.9. The second-order valence-electron chi connectivity index (χ2n) is 8.11. The Kier molecular flexibility index (Phi) is 5.24. The molecule has 0 bridgehead atoms. The van der Waals surface area contributed by atoms with Gasteiger partial charge in [-0.2, -0.15) is 5.10 Å². The molecule has 0 atom stereocenters. The normalized spacial score (nSPS) is 14.8. The molecule has 6 rings (SSSR count). The zero-order chi connectivity index (χ0) is 23.1. The zero-order valence-electron chi connectivity index (χ0n) is 18.1. The SMILES string of the molecule is O=C(Nc1nc2cc3[nH]c(=O)[nH]c3cc2n1CCN1CCOCC1)c1ccc(-c2cn[nH]c2)s1. The Bertz CT molecular complexity index is 1520. The number of H-pyrrole nitrogens is 3. The van der Waals surface area contributed by atoms with Gasteiger partial charge in [-0.25, -0.2) is 9.78 Å². The molecule has 1 saturated heterocycles. The summed E-state index contributed by atoms with van der Waals surface area (Å²) < 4.78 is 7.45. The van der Waals surface area contributed by atoms with Gasteiger partial charge in [0.05, 0.1) is 46.4 Å². The highest BCUT2D eigenvalue weighted by atomic mass is 32.1. The molecule has 5 heterocycles. The van der Waals surface area contributed by atoms with Crippen molar-refractivity contribution in [1.29, 1.82) is 0 Å². The fraction of sp³-hybridized carbons (Fsp3) is 0.273. The number of thiophene rings is 1. The third-order valence-corrected chi connectivity index (χ3v) is 7.10. The smallest absolute Gasteiger partial charge is 0.323 e. The predicted molar refractivity (Wildman–Crippen MR) is 129 cm³/mol. The van der Waals surface area contributed by atoms with E-state index in [2.05, 4.69) is 30.4 Å². The van der Waals surface area contributed by atoms with Crippen LogP contribution in [0, 0.1) is 0 Å². The molecule has 0 radical (unpaired) electrons. The van der Waals surface area contributed by atoms with Gasteiger partial charge in [0, 0.05) is 42.8 Å². The van der Waals surface area contributed by atoms with E-state index in [0.717, 1.165) is 48.8 Å². The Morgan fingerprint density at radius 1 is 1.15 bits per heavy atom. The molecule has 0 unspecified atom stereocenters. The van der Waals surface area contributed by atoms with Crippen LogP contribution in [0.1, 0.15) is 9.67 Å². The molecular weight excluding hydrogens is 456 g/mol. The van der Waals surface area contributed by atoms with Gasteiger partial charge in [0.2, 0.25) is 5.95 Å². The highest BCUT2D eigenvalue weighted by Crippen LogP contribution is 2.29. The molecule has 1 aliphatic heterocycles. The number of rotatable bonds is 6. The highest BCUT2D eigenvalue weighted by molar-refractivity contribution is 7.17. The summed E-state index contributed by atoms with van der Waals surface area (Å²) in [5, 5.41) is 9.76. The molecule has 0 aliphatic carbocycles. The maximum atomic E-state index is 13.1. The molecule has 1 aliphatic rings. The first-order valence-electron chi connectivity index (χ1n) is 11.0. The van der Waals surface area contributed by atoms with Crippen LogP contribution in [-0.2, 0) is 11.3 Å². The third kappa shape index (κ3) is 3.91. The standard InChI is InChI=1S/C22H22N8O3S/c31-20(19-2-1-18(34-19)13-11-23-24-12-13)28-21-25-16-9-14-15(27-22(32)26-14)10-17(16)30(21)4-3-29-5-7-33-8-6-29/h1-2,9-12H,3-8H2,(H,23,24)(H,25,28,31)(H2,26,27,32). The fourth-order valence-electron chi connectivity index (χ4n) is 4.21. The van der Waals surface area contributed by atoms with Crippen molar-refractivity contribution in [3.63, 3.8) is 0 Å². The van der Waals surface area contributed by atoms with Gasteiger partial charge in [-0.15, -0.1) is 11.3 Å². The Balaban J connectivity index is 1.32. The van der Waals surface area contributed by atoms with Gasteiger partial charge >= 0.3 is 5.69 Å². The second kappa shape index (κ2) is 8.56. The Labute approximate surface area is 196 Å². The average molecular weight is 479 g/mol. The first-order valence-corrected chi connectivity index (χ1v) is 11.8. The van der Waals surface area contributed by atoms with Crippen LogP contribution in [0.3, 0.4) is 0 Å². The van der Waals surface area contributed by atoms with E-state index < -0.39 is 0 Å². The number of carbonyl (C=O) groups excluding carboxylic acids is 1. The minimum Gasteiger partial charge on any atom is -0.379 e. The predicted octanol–water partition coefficient (Wildman–Crippen LogP) is 2.24. The van der Waals surface area contributed by atoms with Crippen LogP contribution in [0.2, 0.25) is 0 Å². The third-order valence-electron chi connectivity index (χ3n) is 5.97. The molecular formula is C22H22N8O3S. The summed E-state index contributed by atoms with van der Waals surface area (Å²) in [5.41, 5.74) is 3.59. The number of nitrogens with one attached hydrogen (secondary N) is 4. The highest BCUT2D eigenvalue weighted by Gasteiger charge is 2.19. The van der Waals surface area contributed by atoms with E-state index in [4.69, 9.17) is 9.72 Å². The first-order chi connectivity index (χ1) is 16.6. The van der Waals surface area contributed by atoms with Gasteiger partial charge in [-0.05, 0) is 24.3 Å². The molecule has 1 aromatic carbocycles. The first kappa shape index (κ1) is 20.8. The van der Waals surface area contributed by atoms with Crippen LogP contribution in [0.5, 0.6) is 0 Å². The van der Waals surface area contributed by atoms with Gasteiger partial charge in [0.1, 0.15) is 0 Å². The van der Waals surface area contributed by atoms with Gasteiger partial charge < -0.3 is 19.3 Å². The number of morpholine rings is 1. The molecule has 1 fully saturated rings. The Morgan fingerprint density at radius 2 is 1.97 bits per heavy atom. The molecule has 5 aromatic rings. The van der Waals surface area contributed by atoms with Crippen LogP contribution < -0.4 is 11.0 Å². The summed E-state index contributed by atoms with van der Waals surface area (Å²) in [4.78, 5) is 39.0. The lowest BCUT2D eigenvalue weighted by Crippen LogP contribution is -2.38. The van der Waals surface area contributed by atoms with Crippen molar-refractivity contribution < 1.29 is 9.53 Å². The maximum absolute atomic E-state index is 13.1. The van der Waals surface area contributed by atoms with E-state index in [0.29, 0.717) is 33.9 Å². The number of amides is 1. The van der Waals surface area contributed by atoms with Crippen molar-refractivity contribution in [3.05, 3.63) is 52.0 Å². The van der Waals surface area contributed by atoms with E-state index in [9.17, 15) is 9.59 Å². The molecule has 0 spiro atoms. The molecule has 174 valence electrons. The molecule has 1 amide bonds. The minimum atomic E-state index is -0.262. The van der Waals surface area contributed by atoms with Crippen molar-refractivity contribution in [2.45, 2.75) is 6.54 Å².